The van der Waals surface area contributed by atoms with Crippen LogP contribution in [-0.4, -0.2) is 29.3 Å². The highest BCUT2D eigenvalue weighted by Crippen LogP contribution is 2.37. The van der Waals surface area contributed by atoms with Crippen molar-refractivity contribution in [1.82, 2.24) is 0 Å². The Morgan fingerprint density at radius 2 is 1.72 bits per heavy atom. The molecule has 1 unspecified atom stereocenters. The van der Waals surface area contributed by atoms with Gasteiger partial charge in [0.05, 0.1) is 17.3 Å². The number of halogens is 1. The van der Waals surface area contributed by atoms with Crippen LogP contribution >= 0.6 is 11.6 Å². The van der Waals surface area contributed by atoms with Gasteiger partial charge in [-0.2, -0.15) is 0 Å². The molecule has 3 nitrogen and oxygen atoms in total. The molecule has 138 valence electrons. The van der Waals surface area contributed by atoms with E-state index in [0.717, 1.165) is 24.8 Å². The zero-order valence-electron chi connectivity index (χ0n) is 15.8. The molecular weight excluding hydrogens is 334 g/mol. The highest BCUT2D eigenvalue weighted by Gasteiger charge is 2.50. The average Bonchev–Trinajstić information content (AvgIpc) is 2.77. The molecule has 1 aromatic rings. The first-order chi connectivity index (χ1) is 11.7. The lowest BCUT2D eigenvalue weighted by Gasteiger charge is -2.32. The second-order valence-corrected chi connectivity index (χ2v) is 8.09. The Bertz CT molecular complexity index is 556. The predicted octanol–water partition coefficient (Wildman–Crippen LogP) is 5.08. The van der Waals surface area contributed by atoms with Crippen LogP contribution in [0.2, 0.25) is 0 Å². The van der Waals surface area contributed by atoms with Gasteiger partial charge >= 0.3 is 7.12 Å². The average molecular weight is 365 g/mol. The molecular formula is C20H30BClO3. The third-order valence-corrected chi connectivity index (χ3v) is 5.47. The Kier molecular flexibility index (Phi) is 7.15. The second-order valence-electron chi connectivity index (χ2n) is 7.71. The maximum atomic E-state index is 10.4. The smallest absolute Gasteiger partial charge is 0.400 e. The van der Waals surface area contributed by atoms with E-state index in [1.165, 1.54) is 5.57 Å². The molecule has 1 saturated heterocycles. The Labute approximate surface area is 157 Å². The SMILES string of the molecule is CC1(C)OB(/C=C(\CCCCl)CCC(O)c2ccccc2)OC1(C)C. The molecule has 5 heteroatoms. The van der Waals surface area contributed by atoms with Gasteiger partial charge in [0.15, 0.2) is 0 Å². The predicted molar refractivity (Wildman–Crippen MR) is 105 cm³/mol. The second kappa shape index (κ2) is 8.72. The molecule has 1 aliphatic rings. The van der Waals surface area contributed by atoms with Crippen molar-refractivity contribution in [3.8, 4) is 0 Å². The first-order valence-corrected chi connectivity index (χ1v) is 9.63. The van der Waals surface area contributed by atoms with E-state index < -0.39 is 6.10 Å². The van der Waals surface area contributed by atoms with Crippen LogP contribution in [-0.2, 0) is 9.31 Å². The van der Waals surface area contributed by atoms with Crippen LogP contribution < -0.4 is 0 Å². The lowest BCUT2D eigenvalue weighted by atomic mass is 9.84. The zero-order chi connectivity index (χ0) is 18.5. The Balaban J connectivity index is 2.01. The van der Waals surface area contributed by atoms with E-state index in [4.69, 9.17) is 20.9 Å². The minimum absolute atomic E-state index is 0.338. The first kappa shape index (κ1) is 20.5. The van der Waals surface area contributed by atoms with E-state index in [0.29, 0.717) is 12.3 Å². The number of hydrogen-bond donors (Lipinski definition) is 1. The monoisotopic (exact) mass is 364 g/mol. The van der Waals surface area contributed by atoms with E-state index >= 15 is 0 Å². The molecule has 1 atom stereocenters. The number of hydrogen-bond acceptors (Lipinski definition) is 3. The number of alkyl halides is 1. The van der Waals surface area contributed by atoms with Gasteiger partial charge in [-0.15, -0.1) is 11.6 Å². The van der Waals surface area contributed by atoms with Crippen molar-refractivity contribution in [3.63, 3.8) is 0 Å². The number of benzene rings is 1. The molecule has 0 saturated carbocycles. The quantitative estimate of drug-likeness (QED) is 0.516. The maximum Gasteiger partial charge on any atom is 0.487 e. The van der Waals surface area contributed by atoms with Crippen molar-refractivity contribution in [2.24, 2.45) is 0 Å². The normalized spacial score (nSPS) is 20.7. The molecule has 0 bridgehead atoms. The molecule has 2 rings (SSSR count). The summed E-state index contributed by atoms with van der Waals surface area (Å²) in [6.45, 7) is 8.22. The summed E-state index contributed by atoms with van der Waals surface area (Å²) >= 11 is 5.87. The van der Waals surface area contributed by atoms with Crippen molar-refractivity contribution in [2.75, 3.05) is 5.88 Å². The third-order valence-electron chi connectivity index (χ3n) is 5.20. The fraction of sp³-hybridized carbons (Fsp3) is 0.600. The molecule has 1 heterocycles. The van der Waals surface area contributed by atoms with Crippen LogP contribution in [0.1, 0.15) is 65.0 Å². The fourth-order valence-corrected chi connectivity index (χ4v) is 3.03. The molecule has 0 radical (unpaired) electrons. The van der Waals surface area contributed by atoms with Crippen LogP contribution in [0.4, 0.5) is 0 Å². The van der Waals surface area contributed by atoms with Crippen LogP contribution in [0, 0.1) is 0 Å². The number of aliphatic hydroxyl groups excluding tert-OH is 1. The van der Waals surface area contributed by atoms with Crippen LogP contribution in [0.25, 0.3) is 0 Å². The van der Waals surface area contributed by atoms with Gasteiger partial charge in [-0.1, -0.05) is 41.9 Å². The van der Waals surface area contributed by atoms with Crippen molar-refractivity contribution < 1.29 is 14.4 Å². The molecule has 1 aliphatic heterocycles. The van der Waals surface area contributed by atoms with Crippen LogP contribution in [0.15, 0.2) is 41.9 Å². The van der Waals surface area contributed by atoms with Crippen molar-refractivity contribution in [3.05, 3.63) is 47.4 Å². The highest BCUT2D eigenvalue weighted by molar-refractivity contribution is 6.51. The summed E-state index contributed by atoms with van der Waals surface area (Å²) in [5.74, 6) is 2.70. The Morgan fingerprint density at radius 1 is 1.12 bits per heavy atom. The number of rotatable bonds is 8. The van der Waals surface area contributed by atoms with E-state index in [-0.39, 0.29) is 18.3 Å². The van der Waals surface area contributed by atoms with Gasteiger partial charge in [0.25, 0.3) is 0 Å². The molecule has 0 aliphatic carbocycles. The van der Waals surface area contributed by atoms with E-state index in [2.05, 4.69) is 33.7 Å². The first-order valence-electron chi connectivity index (χ1n) is 9.09. The molecule has 1 N–H and O–H groups in total. The third kappa shape index (κ3) is 5.58. The molecule has 0 aromatic heterocycles. The minimum Gasteiger partial charge on any atom is -0.400 e. The van der Waals surface area contributed by atoms with Crippen LogP contribution in [0.5, 0.6) is 0 Å². The van der Waals surface area contributed by atoms with E-state index in [1.807, 2.05) is 30.3 Å². The van der Waals surface area contributed by atoms with Gasteiger partial charge < -0.3 is 14.4 Å². The summed E-state index contributed by atoms with van der Waals surface area (Å²) < 4.78 is 12.1. The number of aliphatic hydroxyl groups is 1. The molecule has 1 aromatic carbocycles. The topological polar surface area (TPSA) is 38.7 Å². The molecule has 1 fully saturated rings. The van der Waals surface area contributed by atoms with Gasteiger partial charge in [0, 0.05) is 5.88 Å². The molecule has 0 amide bonds. The largest absolute Gasteiger partial charge is 0.487 e. The van der Waals surface area contributed by atoms with Crippen molar-refractivity contribution >= 4 is 18.7 Å². The minimum atomic E-state index is -0.459. The summed E-state index contributed by atoms with van der Waals surface area (Å²) in [5.41, 5.74) is 1.51. The lowest BCUT2D eigenvalue weighted by molar-refractivity contribution is 0.00578. The molecule has 25 heavy (non-hydrogen) atoms. The Morgan fingerprint density at radius 3 is 2.28 bits per heavy atom. The van der Waals surface area contributed by atoms with Gasteiger partial charge in [0.2, 0.25) is 0 Å². The summed E-state index contributed by atoms with van der Waals surface area (Å²) in [6.07, 6.45) is 2.83. The fourth-order valence-electron chi connectivity index (χ4n) is 2.90. The highest BCUT2D eigenvalue weighted by atomic mass is 35.5. The van der Waals surface area contributed by atoms with Gasteiger partial charge in [-0.3, -0.25) is 0 Å². The number of allylic oxidation sites excluding steroid dienone is 1. The van der Waals surface area contributed by atoms with Gasteiger partial charge in [-0.25, -0.2) is 0 Å². The van der Waals surface area contributed by atoms with Crippen molar-refractivity contribution in [2.45, 2.75) is 70.7 Å². The van der Waals surface area contributed by atoms with E-state index in [9.17, 15) is 5.11 Å². The van der Waals surface area contributed by atoms with E-state index in [1.54, 1.807) is 0 Å². The maximum absolute atomic E-state index is 10.4. The Hall–Kier alpha value is -0.805. The lowest BCUT2D eigenvalue weighted by Crippen LogP contribution is -2.41. The zero-order valence-corrected chi connectivity index (χ0v) is 16.6. The summed E-state index contributed by atoms with van der Waals surface area (Å²) in [5, 5.41) is 10.4. The standard InChI is InChI=1S/C20H30BClO3/c1-19(2)20(3,4)25-21(24-19)15-16(9-8-14-22)12-13-18(23)17-10-6-5-7-11-17/h5-7,10-11,15,18,23H,8-9,12-14H2,1-4H3/b16-15+. The van der Waals surface area contributed by atoms with Gasteiger partial charge in [-0.05, 0) is 58.9 Å². The van der Waals surface area contributed by atoms with Crippen molar-refractivity contribution in [1.29, 1.82) is 0 Å². The summed E-state index contributed by atoms with van der Waals surface area (Å²) in [7, 11) is -0.343. The van der Waals surface area contributed by atoms with Crippen LogP contribution in [0.3, 0.4) is 0 Å². The van der Waals surface area contributed by atoms with Gasteiger partial charge in [0.1, 0.15) is 0 Å². The molecule has 0 spiro atoms. The summed E-state index contributed by atoms with van der Waals surface area (Å²) in [4.78, 5) is 0. The summed E-state index contributed by atoms with van der Waals surface area (Å²) in [6, 6.07) is 9.78.